The number of aliphatic carboxylic acids is 3. The molecule has 104 valence electrons. The Hall–Kier alpha value is -1.40. The lowest BCUT2D eigenvalue weighted by molar-refractivity contribution is -0.138. The van der Waals surface area contributed by atoms with E-state index < -0.39 is 38.1 Å². The Morgan fingerprint density at radius 3 is 1.56 bits per heavy atom. The predicted molar refractivity (Wildman–Crippen MR) is 60.1 cm³/mol. The number of carboxylic acids is 3. The normalized spacial score (nSPS) is 11.1. The van der Waals surface area contributed by atoms with E-state index >= 15 is 0 Å². The summed E-state index contributed by atoms with van der Waals surface area (Å²) >= 11 is 0. The summed E-state index contributed by atoms with van der Waals surface area (Å²) in [4.78, 5) is 31.0. The third kappa shape index (κ3) is 8.72. The van der Waals surface area contributed by atoms with E-state index in [1.807, 2.05) is 0 Å². The minimum absolute atomic E-state index is 0.296. The minimum Gasteiger partial charge on any atom is -0.481 e. The Morgan fingerprint density at radius 2 is 1.22 bits per heavy atom. The summed E-state index contributed by atoms with van der Waals surface area (Å²) in [5.74, 6) is -3.49. The van der Waals surface area contributed by atoms with Gasteiger partial charge in [-0.3, -0.25) is 18.9 Å². The quantitative estimate of drug-likeness (QED) is 0.498. The van der Waals surface area contributed by atoms with Crippen molar-refractivity contribution in [2.45, 2.75) is 19.3 Å². The zero-order chi connectivity index (χ0) is 14.2. The highest BCUT2D eigenvalue weighted by molar-refractivity contribution is 7.59. The first-order chi connectivity index (χ1) is 8.25. The van der Waals surface area contributed by atoms with Crippen molar-refractivity contribution in [1.82, 2.24) is 0 Å². The van der Waals surface area contributed by atoms with Crippen LogP contribution in [-0.4, -0.2) is 52.2 Å². The van der Waals surface area contributed by atoms with Crippen molar-refractivity contribution >= 4 is 25.3 Å². The fourth-order valence-corrected chi connectivity index (χ4v) is 3.04. The van der Waals surface area contributed by atoms with Gasteiger partial charge in [-0.15, -0.1) is 0 Å². The maximum absolute atomic E-state index is 12.1. The lowest BCUT2D eigenvalue weighted by Gasteiger charge is -2.16. The van der Waals surface area contributed by atoms with Crippen molar-refractivity contribution in [1.29, 1.82) is 0 Å². The van der Waals surface area contributed by atoms with Crippen LogP contribution in [0.15, 0.2) is 0 Å². The third-order valence-corrected chi connectivity index (χ3v) is 4.44. The SMILES string of the molecule is O=C(O)CCOP(=O)(CCC(=O)O)CCC(=O)O. The van der Waals surface area contributed by atoms with Gasteiger partial charge in [0.15, 0.2) is 0 Å². The molecule has 0 spiro atoms. The zero-order valence-corrected chi connectivity index (χ0v) is 10.5. The van der Waals surface area contributed by atoms with Gasteiger partial charge in [0.1, 0.15) is 0 Å². The van der Waals surface area contributed by atoms with Crippen molar-refractivity contribution < 1.29 is 38.8 Å². The molecule has 0 aliphatic carbocycles. The van der Waals surface area contributed by atoms with Gasteiger partial charge in [-0.2, -0.15) is 0 Å². The van der Waals surface area contributed by atoms with Crippen LogP contribution in [0, 0.1) is 0 Å². The number of carboxylic acid groups (broad SMARTS) is 3. The van der Waals surface area contributed by atoms with Gasteiger partial charge in [-0.05, 0) is 0 Å². The summed E-state index contributed by atoms with van der Waals surface area (Å²) in [6.45, 7) is -0.328. The van der Waals surface area contributed by atoms with Crippen LogP contribution in [0.25, 0.3) is 0 Å². The minimum atomic E-state index is -3.41. The van der Waals surface area contributed by atoms with Gasteiger partial charge in [0, 0.05) is 12.3 Å². The molecule has 0 saturated heterocycles. The van der Waals surface area contributed by atoms with Crippen LogP contribution in [0.1, 0.15) is 19.3 Å². The molecule has 8 nitrogen and oxygen atoms in total. The summed E-state index contributed by atoms with van der Waals surface area (Å²) < 4.78 is 17.0. The van der Waals surface area contributed by atoms with Crippen LogP contribution in [0.4, 0.5) is 0 Å². The molecule has 0 aromatic heterocycles. The molecule has 0 aliphatic rings. The molecular formula is C9H15O8P. The van der Waals surface area contributed by atoms with Crippen LogP contribution >= 0.6 is 7.37 Å². The lowest BCUT2D eigenvalue weighted by Crippen LogP contribution is -2.10. The van der Waals surface area contributed by atoms with Crippen molar-refractivity contribution in [3.05, 3.63) is 0 Å². The van der Waals surface area contributed by atoms with E-state index in [2.05, 4.69) is 0 Å². The molecule has 0 atom stereocenters. The third-order valence-electron chi connectivity index (χ3n) is 1.98. The molecule has 0 fully saturated rings. The van der Waals surface area contributed by atoms with Gasteiger partial charge in [0.2, 0.25) is 7.37 Å². The fraction of sp³-hybridized carbons (Fsp3) is 0.667. The molecule has 0 unspecified atom stereocenters. The van der Waals surface area contributed by atoms with Crippen molar-refractivity contribution in [2.75, 3.05) is 18.9 Å². The molecule has 9 heteroatoms. The Morgan fingerprint density at radius 1 is 0.833 bits per heavy atom. The van der Waals surface area contributed by atoms with E-state index in [1.54, 1.807) is 0 Å². The zero-order valence-electron chi connectivity index (χ0n) is 9.57. The second-order valence-electron chi connectivity index (χ2n) is 3.53. The summed E-state index contributed by atoms with van der Waals surface area (Å²) in [7, 11) is -3.41. The standard InChI is InChI=1S/C9H15O8P/c10-7(11)1-4-17-18(16,5-2-8(12)13)6-3-9(14)15/h1-6H2,(H,10,11)(H,12,13)(H,14,15). The Kier molecular flexibility index (Phi) is 7.23. The molecule has 3 N–H and O–H groups in total. The van der Waals surface area contributed by atoms with Crippen LogP contribution in [0.3, 0.4) is 0 Å². The molecule has 0 aromatic rings. The molecule has 18 heavy (non-hydrogen) atoms. The van der Waals surface area contributed by atoms with E-state index in [9.17, 15) is 18.9 Å². The van der Waals surface area contributed by atoms with E-state index in [0.717, 1.165) is 0 Å². The first-order valence-corrected chi connectivity index (χ1v) is 7.13. The molecule has 0 rings (SSSR count). The molecule has 0 aliphatic heterocycles. The van der Waals surface area contributed by atoms with Crippen LogP contribution in [0.5, 0.6) is 0 Å². The maximum Gasteiger partial charge on any atom is 0.305 e. The van der Waals surface area contributed by atoms with Crippen molar-refractivity contribution in [3.8, 4) is 0 Å². The summed E-state index contributed by atoms with van der Waals surface area (Å²) in [5, 5.41) is 25.4. The monoisotopic (exact) mass is 282 g/mol. The van der Waals surface area contributed by atoms with Crippen LogP contribution < -0.4 is 0 Å². The number of carbonyl (C=O) groups is 3. The van der Waals surface area contributed by atoms with Gasteiger partial charge in [0.05, 0.1) is 25.9 Å². The second-order valence-corrected chi connectivity index (χ2v) is 6.31. The van der Waals surface area contributed by atoms with Crippen LogP contribution in [-0.2, 0) is 23.5 Å². The highest BCUT2D eigenvalue weighted by Gasteiger charge is 2.25. The lowest BCUT2D eigenvalue weighted by atomic mass is 10.5. The first-order valence-electron chi connectivity index (χ1n) is 5.13. The van der Waals surface area contributed by atoms with Gasteiger partial charge >= 0.3 is 17.9 Å². The largest absolute Gasteiger partial charge is 0.481 e. The average Bonchev–Trinajstić information content (AvgIpc) is 2.23. The molecule has 0 bridgehead atoms. The molecule has 0 amide bonds. The van der Waals surface area contributed by atoms with Gasteiger partial charge in [0.25, 0.3) is 0 Å². The van der Waals surface area contributed by atoms with Crippen molar-refractivity contribution in [2.24, 2.45) is 0 Å². The van der Waals surface area contributed by atoms with E-state index in [1.165, 1.54) is 0 Å². The maximum atomic E-state index is 12.1. The Bertz CT molecular complexity index is 342. The topological polar surface area (TPSA) is 138 Å². The second kappa shape index (κ2) is 7.84. The number of rotatable bonds is 10. The molecule has 0 saturated carbocycles. The molecule has 0 aromatic carbocycles. The molecule has 0 heterocycles. The molecular weight excluding hydrogens is 267 g/mol. The smallest absolute Gasteiger partial charge is 0.305 e. The Balaban J connectivity index is 4.38. The predicted octanol–water partition coefficient (Wildman–Crippen LogP) is 0.705. The van der Waals surface area contributed by atoms with E-state index in [4.69, 9.17) is 19.8 Å². The fourth-order valence-electron chi connectivity index (χ4n) is 1.07. The Labute approximate surface area is 103 Å². The molecule has 0 radical (unpaired) electrons. The van der Waals surface area contributed by atoms with Gasteiger partial charge in [-0.1, -0.05) is 0 Å². The highest BCUT2D eigenvalue weighted by atomic mass is 31.2. The van der Waals surface area contributed by atoms with Gasteiger partial charge in [-0.25, -0.2) is 0 Å². The average molecular weight is 282 g/mol. The number of hydrogen-bond donors (Lipinski definition) is 3. The summed E-state index contributed by atoms with van der Waals surface area (Å²) in [5.41, 5.74) is 0. The number of hydrogen-bond acceptors (Lipinski definition) is 5. The highest BCUT2D eigenvalue weighted by Crippen LogP contribution is 2.48. The van der Waals surface area contributed by atoms with Crippen LogP contribution in [0.2, 0.25) is 0 Å². The first kappa shape index (κ1) is 16.6. The summed E-state index contributed by atoms with van der Waals surface area (Å²) in [6, 6.07) is 0. The van der Waals surface area contributed by atoms with Gasteiger partial charge < -0.3 is 19.8 Å². The summed E-state index contributed by atoms with van der Waals surface area (Å²) in [6.07, 6.45) is -1.79. The van der Waals surface area contributed by atoms with Crippen molar-refractivity contribution in [3.63, 3.8) is 0 Å². The van der Waals surface area contributed by atoms with E-state index in [0.29, 0.717) is 0 Å². The van der Waals surface area contributed by atoms with E-state index in [-0.39, 0.29) is 25.4 Å².